The minimum atomic E-state index is -2.58. The van der Waals surface area contributed by atoms with Crippen LogP contribution in [0.4, 0.5) is 8.78 Å². The zero-order valence-corrected chi connectivity index (χ0v) is 14.9. The van der Waals surface area contributed by atoms with Gasteiger partial charge in [-0.05, 0) is 55.7 Å². The van der Waals surface area contributed by atoms with Gasteiger partial charge in [0, 0.05) is 18.9 Å². The van der Waals surface area contributed by atoms with Crippen LogP contribution in [0.15, 0.2) is 33.2 Å². The quantitative estimate of drug-likeness (QED) is 0.540. The van der Waals surface area contributed by atoms with Gasteiger partial charge >= 0.3 is 0 Å². The summed E-state index contributed by atoms with van der Waals surface area (Å²) in [6, 6.07) is 6.80. The van der Waals surface area contributed by atoms with Crippen LogP contribution in [0.3, 0.4) is 0 Å². The number of benzene rings is 1. The van der Waals surface area contributed by atoms with Crippen molar-refractivity contribution in [3.05, 3.63) is 52.8 Å². The third-order valence-electron chi connectivity index (χ3n) is 3.96. The fourth-order valence-electron chi connectivity index (χ4n) is 2.79. The van der Waals surface area contributed by atoms with E-state index in [0.29, 0.717) is 36.9 Å². The molecule has 7 heteroatoms. The van der Waals surface area contributed by atoms with Crippen LogP contribution < -0.4 is 4.74 Å². The Balaban J connectivity index is 1.59. The van der Waals surface area contributed by atoms with Gasteiger partial charge in [0.25, 0.3) is 6.43 Å². The fourth-order valence-corrected chi connectivity index (χ4v) is 2.79. The van der Waals surface area contributed by atoms with Gasteiger partial charge in [-0.2, -0.15) is 4.98 Å². The summed E-state index contributed by atoms with van der Waals surface area (Å²) >= 11 is 0. The molecule has 2 heterocycles. The lowest BCUT2D eigenvalue weighted by Gasteiger charge is -2.13. The molecule has 0 aliphatic rings. The predicted molar refractivity (Wildman–Crippen MR) is 91.4 cm³/mol. The molecule has 2 aromatic heterocycles. The Bertz CT molecular complexity index is 864. The van der Waals surface area contributed by atoms with E-state index < -0.39 is 6.43 Å². The minimum Gasteiger partial charge on any atom is -0.493 e. The number of aryl methyl sites for hydroxylation is 4. The van der Waals surface area contributed by atoms with Gasteiger partial charge in [0.2, 0.25) is 11.7 Å². The number of furan rings is 1. The summed E-state index contributed by atoms with van der Waals surface area (Å²) in [6.45, 7) is 6.13. The average Bonchev–Trinajstić information content (AvgIpc) is 3.22. The lowest BCUT2D eigenvalue weighted by molar-refractivity contribution is 0.119. The highest BCUT2D eigenvalue weighted by molar-refractivity contribution is 5.60. The van der Waals surface area contributed by atoms with E-state index in [1.165, 1.54) is 6.07 Å². The van der Waals surface area contributed by atoms with E-state index in [-0.39, 0.29) is 5.76 Å². The molecule has 26 heavy (non-hydrogen) atoms. The molecule has 0 fully saturated rings. The summed E-state index contributed by atoms with van der Waals surface area (Å²) < 4.78 is 41.0. The summed E-state index contributed by atoms with van der Waals surface area (Å²) in [6.07, 6.45) is -1.36. The first kappa shape index (κ1) is 18.1. The average molecular weight is 362 g/mol. The van der Waals surface area contributed by atoms with E-state index in [1.54, 1.807) is 13.0 Å². The van der Waals surface area contributed by atoms with E-state index in [9.17, 15) is 8.78 Å². The van der Waals surface area contributed by atoms with Crippen LogP contribution in [0.5, 0.6) is 5.75 Å². The summed E-state index contributed by atoms with van der Waals surface area (Å²) in [5.41, 5.74) is 2.82. The maximum absolute atomic E-state index is 12.5. The van der Waals surface area contributed by atoms with E-state index >= 15 is 0 Å². The molecule has 0 atom stereocenters. The normalized spacial score (nSPS) is 11.3. The van der Waals surface area contributed by atoms with Crippen LogP contribution >= 0.6 is 0 Å². The highest BCUT2D eigenvalue weighted by Crippen LogP contribution is 2.29. The van der Waals surface area contributed by atoms with Gasteiger partial charge in [0.1, 0.15) is 11.5 Å². The summed E-state index contributed by atoms with van der Waals surface area (Å²) in [4.78, 5) is 4.23. The monoisotopic (exact) mass is 362 g/mol. The van der Waals surface area contributed by atoms with Crippen molar-refractivity contribution >= 4 is 0 Å². The van der Waals surface area contributed by atoms with Crippen molar-refractivity contribution in [1.29, 1.82) is 0 Å². The van der Waals surface area contributed by atoms with Crippen molar-refractivity contribution in [2.45, 2.75) is 40.0 Å². The molecule has 0 saturated carbocycles. The van der Waals surface area contributed by atoms with E-state index in [2.05, 4.69) is 10.1 Å². The zero-order chi connectivity index (χ0) is 18.7. The second-order valence-electron chi connectivity index (χ2n) is 6.13. The first-order valence-corrected chi connectivity index (χ1v) is 8.35. The van der Waals surface area contributed by atoms with Crippen LogP contribution in [0, 0.1) is 20.8 Å². The minimum absolute atomic E-state index is 0.292. The van der Waals surface area contributed by atoms with Crippen LogP contribution in [0.2, 0.25) is 0 Å². The number of hydrogen-bond acceptors (Lipinski definition) is 5. The summed E-state index contributed by atoms with van der Waals surface area (Å²) in [5.74, 6) is 2.12. The van der Waals surface area contributed by atoms with E-state index in [4.69, 9.17) is 13.7 Å². The number of ether oxygens (including phenoxy) is 1. The maximum atomic E-state index is 12.5. The van der Waals surface area contributed by atoms with Crippen LogP contribution in [0.25, 0.3) is 11.4 Å². The molecule has 0 unspecified atom stereocenters. The van der Waals surface area contributed by atoms with Crippen molar-refractivity contribution in [3.63, 3.8) is 0 Å². The van der Waals surface area contributed by atoms with Crippen molar-refractivity contribution in [1.82, 2.24) is 10.1 Å². The zero-order valence-electron chi connectivity index (χ0n) is 14.9. The number of nitrogens with zero attached hydrogens (tertiary/aromatic N) is 2. The summed E-state index contributed by atoms with van der Waals surface area (Å²) in [5, 5.41) is 3.93. The molecule has 3 aromatic rings. The Morgan fingerprint density at radius 2 is 1.85 bits per heavy atom. The Labute approximate surface area is 150 Å². The molecule has 0 aliphatic heterocycles. The van der Waals surface area contributed by atoms with Crippen LogP contribution in [0.1, 0.15) is 41.4 Å². The number of rotatable bonds is 7. The van der Waals surface area contributed by atoms with Gasteiger partial charge in [-0.15, -0.1) is 0 Å². The van der Waals surface area contributed by atoms with Gasteiger partial charge < -0.3 is 13.7 Å². The SMILES string of the molecule is Cc1nc(-c2cc(C)c(OCCCc3ccc(C(F)F)o3)c(C)c2)no1. The fraction of sp³-hybridized carbons (Fsp3) is 0.368. The third kappa shape index (κ3) is 4.09. The third-order valence-corrected chi connectivity index (χ3v) is 3.96. The van der Waals surface area contributed by atoms with E-state index in [1.807, 2.05) is 26.0 Å². The molecular formula is C19H20F2N2O3. The Hall–Kier alpha value is -2.70. The highest BCUT2D eigenvalue weighted by Gasteiger charge is 2.13. The first-order chi connectivity index (χ1) is 12.4. The van der Waals surface area contributed by atoms with Crippen molar-refractivity contribution in [2.75, 3.05) is 6.61 Å². The standard InChI is InChI=1S/C19H20F2N2O3/c1-11-9-14(19-22-13(3)26-23-19)10-12(2)17(11)24-8-4-5-15-6-7-16(25-15)18(20)21/h6-7,9-10,18H,4-5,8H2,1-3H3. The first-order valence-electron chi connectivity index (χ1n) is 8.35. The van der Waals surface area contributed by atoms with E-state index in [0.717, 1.165) is 22.4 Å². The molecule has 3 rings (SSSR count). The van der Waals surface area contributed by atoms with Gasteiger partial charge in [0.15, 0.2) is 5.76 Å². The van der Waals surface area contributed by atoms with Crippen molar-refractivity contribution in [3.8, 4) is 17.1 Å². The highest BCUT2D eigenvalue weighted by atomic mass is 19.3. The van der Waals surface area contributed by atoms with Crippen molar-refractivity contribution in [2.24, 2.45) is 0 Å². The Kier molecular flexibility index (Phi) is 5.35. The number of alkyl halides is 2. The lowest BCUT2D eigenvalue weighted by Crippen LogP contribution is -2.02. The molecule has 0 N–H and O–H groups in total. The molecular weight excluding hydrogens is 342 g/mol. The van der Waals surface area contributed by atoms with Gasteiger partial charge in [-0.1, -0.05) is 5.16 Å². The molecule has 0 amide bonds. The molecule has 5 nitrogen and oxygen atoms in total. The second-order valence-corrected chi connectivity index (χ2v) is 6.13. The largest absolute Gasteiger partial charge is 0.493 e. The molecule has 0 bridgehead atoms. The second kappa shape index (κ2) is 7.68. The predicted octanol–water partition coefficient (Wildman–Crippen LogP) is 5.20. The molecule has 0 aliphatic carbocycles. The number of hydrogen-bond donors (Lipinski definition) is 0. The summed E-state index contributed by atoms with van der Waals surface area (Å²) in [7, 11) is 0. The van der Waals surface area contributed by atoms with Gasteiger partial charge in [-0.3, -0.25) is 0 Å². The van der Waals surface area contributed by atoms with Crippen molar-refractivity contribution < 1.29 is 22.5 Å². The number of halogens is 2. The molecule has 0 radical (unpaired) electrons. The van der Waals surface area contributed by atoms with Gasteiger partial charge in [-0.25, -0.2) is 8.78 Å². The smallest absolute Gasteiger partial charge is 0.295 e. The van der Waals surface area contributed by atoms with Crippen LogP contribution in [-0.2, 0) is 6.42 Å². The lowest BCUT2D eigenvalue weighted by atomic mass is 10.1. The maximum Gasteiger partial charge on any atom is 0.295 e. The number of aromatic nitrogens is 2. The topological polar surface area (TPSA) is 61.3 Å². The molecule has 0 saturated heterocycles. The van der Waals surface area contributed by atoms with Gasteiger partial charge in [0.05, 0.1) is 6.61 Å². The molecule has 0 spiro atoms. The Morgan fingerprint density at radius 1 is 1.12 bits per heavy atom. The Morgan fingerprint density at radius 3 is 2.42 bits per heavy atom. The molecule has 138 valence electrons. The molecule has 1 aromatic carbocycles. The van der Waals surface area contributed by atoms with Crippen LogP contribution in [-0.4, -0.2) is 16.7 Å².